The molecule has 13 heteroatoms. The molecule has 0 spiro atoms. The number of nitrogens with one attached hydrogen (secondary N) is 2. The lowest BCUT2D eigenvalue weighted by molar-refractivity contribution is -0.0196. The van der Waals surface area contributed by atoms with Crippen LogP contribution in [0.25, 0.3) is 0 Å². The Morgan fingerprint density at radius 2 is 1.69 bits per heavy atom. The first-order chi connectivity index (χ1) is 23.0. The minimum Gasteiger partial charge on any atom is -0.489 e. The van der Waals surface area contributed by atoms with Crippen molar-refractivity contribution in [2.75, 3.05) is 36.8 Å². The van der Waals surface area contributed by atoms with E-state index in [-0.39, 0.29) is 33.9 Å². The molecule has 2 fully saturated rings. The van der Waals surface area contributed by atoms with Crippen molar-refractivity contribution < 1.29 is 22.7 Å². The van der Waals surface area contributed by atoms with Crippen LogP contribution in [0.5, 0.6) is 5.75 Å². The molecule has 266 valence electrons. The molecule has 0 aliphatic carbocycles. The number of carbonyl (C=O) groups excluding carboxylic acids is 1. The fourth-order valence-corrected chi connectivity index (χ4v) is 7.51. The summed E-state index contributed by atoms with van der Waals surface area (Å²) in [6, 6.07) is 11.3. The van der Waals surface area contributed by atoms with Crippen LogP contribution in [0, 0.1) is 6.92 Å². The van der Waals surface area contributed by atoms with Gasteiger partial charge >= 0.3 is 6.09 Å². The molecule has 0 bridgehead atoms. The Kier molecular flexibility index (Phi) is 11.0. The highest BCUT2D eigenvalue weighted by molar-refractivity contribution is 7.92. The van der Waals surface area contributed by atoms with Gasteiger partial charge in [0.15, 0.2) is 15.7 Å². The zero-order chi connectivity index (χ0) is 35.7. The Bertz CT molecular complexity index is 1760. The van der Waals surface area contributed by atoms with Gasteiger partial charge in [-0.05, 0) is 123 Å². The second-order valence-corrected chi connectivity index (χ2v) is 17.3. The first-order valence-electron chi connectivity index (χ1n) is 16.9. The number of rotatable bonds is 10. The van der Waals surface area contributed by atoms with Crippen LogP contribution in [0.1, 0.15) is 78.4 Å². The SMILES string of the molecule is Cc1cc(Nc2ncc(Cl)c(Nc3ccccc3S(=O)(=O)C(C)C)n2)c(OC(C)C)cc1C1CCN(C2CN(C(=O)OC(C)(C)C)C2)CC1. The number of ether oxygens (including phenoxy) is 2. The quantitative estimate of drug-likeness (QED) is 0.216. The molecule has 2 aliphatic heterocycles. The topological polar surface area (TPSA) is 126 Å². The molecule has 1 aromatic heterocycles. The number of amides is 1. The third-order valence-electron chi connectivity index (χ3n) is 8.79. The van der Waals surface area contributed by atoms with E-state index < -0.39 is 20.7 Å². The lowest BCUT2D eigenvalue weighted by atomic mass is 9.85. The Morgan fingerprint density at radius 3 is 2.33 bits per heavy atom. The fourth-order valence-electron chi connectivity index (χ4n) is 6.17. The van der Waals surface area contributed by atoms with Gasteiger partial charge in [-0.1, -0.05) is 23.7 Å². The summed E-state index contributed by atoms with van der Waals surface area (Å²) in [5.41, 5.74) is 3.01. The zero-order valence-corrected chi connectivity index (χ0v) is 31.3. The maximum absolute atomic E-state index is 13.0. The molecule has 2 saturated heterocycles. The van der Waals surface area contributed by atoms with Gasteiger partial charge in [-0.3, -0.25) is 4.90 Å². The van der Waals surface area contributed by atoms with Gasteiger partial charge < -0.3 is 25.0 Å². The molecule has 2 aliphatic rings. The van der Waals surface area contributed by atoms with Gasteiger partial charge in [-0.25, -0.2) is 18.2 Å². The molecular formula is C36H49ClN6O5S. The van der Waals surface area contributed by atoms with Crippen LogP contribution < -0.4 is 15.4 Å². The number of anilines is 4. The zero-order valence-electron chi connectivity index (χ0n) is 29.7. The van der Waals surface area contributed by atoms with Crippen LogP contribution in [-0.2, 0) is 14.6 Å². The van der Waals surface area contributed by atoms with Crippen molar-refractivity contribution in [2.24, 2.45) is 0 Å². The van der Waals surface area contributed by atoms with E-state index in [0.29, 0.717) is 36.5 Å². The average Bonchev–Trinajstić information content (AvgIpc) is 2.99. The highest BCUT2D eigenvalue weighted by atomic mass is 35.5. The molecule has 49 heavy (non-hydrogen) atoms. The largest absolute Gasteiger partial charge is 0.489 e. The van der Waals surface area contributed by atoms with Gasteiger partial charge in [0.25, 0.3) is 0 Å². The number of halogens is 1. The van der Waals surface area contributed by atoms with Crippen molar-refractivity contribution in [1.82, 2.24) is 19.8 Å². The van der Waals surface area contributed by atoms with Crippen LogP contribution in [0.15, 0.2) is 47.5 Å². The molecule has 3 heterocycles. The second-order valence-electron chi connectivity index (χ2n) is 14.5. The predicted octanol–water partition coefficient (Wildman–Crippen LogP) is 7.69. The smallest absolute Gasteiger partial charge is 0.410 e. The van der Waals surface area contributed by atoms with Crippen molar-refractivity contribution >= 4 is 50.7 Å². The third kappa shape index (κ3) is 8.77. The standard InChI is InChI=1S/C36H49ClN6O5S/c1-22(2)47-31-18-27(25-13-15-42(16-14-25)26-20-43(21-26)35(44)48-36(6,7)8)24(5)17-30(31)40-34-38-19-28(37)33(41-34)39-29-11-9-10-12-32(29)49(45,46)23(3)4/h9-12,17-19,22-23,25-26H,13-16,20-21H2,1-8H3,(H2,38,39,40,41). The molecule has 1 amide bonds. The van der Waals surface area contributed by atoms with Crippen LogP contribution in [0.4, 0.5) is 27.9 Å². The minimum absolute atomic E-state index is 0.0627. The Labute approximate surface area is 295 Å². The highest BCUT2D eigenvalue weighted by Gasteiger charge is 2.38. The molecule has 0 saturated carbocycles. The summed E-state index contributed by atoms with van der Waals surface area (Å²) in [4.78, 5) is 25.9. The number of sulfone groups is 1. The van der Waals surface area contributed by atoms with Crippen LogP contribution in [0.3, 0.4) is 0 Å². The fraction of sp³-hybridized carbons (Fsp3) is 0.528. The molecule has 2 aromatic carbocycles. The monoisotopic (exact) mass is 712 g/mol. The van der Waals surface area contributed by atoms with Gasteiger partial charge in [-0.15, -0.1) is 0 Å². The number of para-hydroxylation sites is 1. The van der Waals surface area contributed by atoms with Crippen LogP contribution in [-0.4, -0.2) is 83.5 Å². The number of aromatic nitrogens is 2. The van der Waals surface area contributed by atoms with E-state index >= 15 is 0 Å². The molecule has 11 nitrogen and oxygen atoms in total. The summed E-state index contributed by atoms with van der Waals surface area (Å²) in [6.07, 6.45) is 3.21. The highest BCUT2D eigenvalue weighted by Crippen LogP contribution is 2.39. The summed E-state index contributed by atoms with van der Waals surface area (Å²) in [5.74, 6) is 1.64. The summed E-state index contributed by atoms with van der Waals surface area (Å²) in [7, 11) is -3.55. The molecule has 5 rings (SSSR count). The summed E-state index contributed by atoms with van der Waals surface area (Å²) in [5, 5.41) is 6.08. The Balaban J connectivity index is 1.29. The van der Waals surface area contributed by atoms with Crippen molar-refractivity contribution in [1.29, 1.82) is 0 Å². The Morgan fingerprint density at radius 1 is 1.02 bits per heavy atom. The molecule has 0 unspecified atom stereocenters. The number of aryl methyl sites for hydroxylation is 1. The summed E-state index contributed by atoms with van der Waals surface area (Å²) in [6.45, 7) is 18.4. The molecule has 3 aromatic rings. The summed E-state index contributed by atoms with van der Waals surface area (Å²) < 4.78 is 37.9. The van der Waals surface area contributed by atoms with E-state index in [0.717, 1.165) is 37.2 Å². The molecule has 0 radical (unpaired) electrons. The van der Waals surface area contributed by atoms with Crippen molar-refractivity contribution in [2.45, 2.75) is 102 Å². The van der Waals surface area contributed by atoms with Gasteiger partial charge in [0.05, 0.1) is 33.8 Å². The minimum atomic E-state index is -3.55. The second kappa shape index (κ2) is 14.7. The van der Waals surface area contributed by atoms with E-state index in [9.17, 15) is 13.2 Å². The average molecular weight is 713 g/mol. The van der Waals surface area contributed by atoms with E-state index in [4.69, 9.17) is 21.1 Å². The maximum Gasteiger partial charge on any atom is 0.410 e. The van der Waals surface area contributed by atoms with E-state index in [1.54, 1.807) is 43.0 Å². The van der Waals surface area contributed by atoms with Crippen LogP contribution >= 0.6 is 11.6 Å². The lowest BCUT2D eigenvalue weighted by Gasteiger charge is -2.47. The van der Waals surface area contributed by atoms with Crippen LogP contribution in [0.2, 0.25) is 5.02 Å². The van der Waals surface area contributed by atoms with E-state index in [1.807, 2.05) is 34.6 Å². The van der Waals surface area contributed by atoms with Gasteiger partial charge in [0.2, 0.25) is 5.95 Å². The molecule has 2 N–H and O–H groups in total. The van der Waals surface area contributed by atoms with Crippen molar-refractivity contribution in [3.63, 3.8) is 0 Å². The number of hydrogen-bond acceptors (Lipinski definition) is 10. The number of nitrogens with zero attached hydrogens (tertiary/aromatic N) is 4. The number of likely N-dealkylation sites (tertiary alicyclic amines) is 2. The number of piperidine rings is 1. The molecule has 0 atom stereocenters. The number of benzene rings is 2. The molecular weight excluding hydrogens is 664 g/mol. The van der Waals surface area contributed by atoms with Gasteiger partial charge in [-0.2, -0.15) is 4.98 Å². The predicted molar refractivity (Wildman–Crippen MR) is 194 cm³/mol. The first-order valence-corrected chi connectivity index (χ1v) is 18.9. The first kappa shape index (κ1) is 36.7. The maximum atomic E-state index is 13.0. The number of hydrogen-bond donors (Lipinski definition) is 2. The van der Waals surface area contributed by atoms with Gasteiger partial charge in [0, 0.05) is 19.1 Å². The van der Waals surface area contributed by atoms with Crippen molar-refractivity contribution in [3.8, 4) is 5.75 Å². The summed E-state index contributed by atoms with van der Waals surface area (Å²) >= 11 is 6.48. The third-order valence-corrected chi connectivity index (χ3v) is 11.3. The number of carbonyl (C=O) groups is 1. The lowest BCUT2D eigenvalue weighted by Crippen LogP contribution is -2.62. The van der Waals surface area contributed by atoms with Gasteiger partial charge in [0.1, 0.15) is 16.4 Å². The van der Waals surface area contributed by atoms with E-state index in [2.05, 4.69) is 44.6 Å². The van der Waals surface area contributed by atoms with Crippen molar-refractivity contribution in [3.05, 3.63) is 58.7 Å². The van der Waals surface area contributed by atoms with E-state index in [1.165, 1.54) is 11.8 Å². The Hall–Kier alpha value is -3.61. The normalized spacial score (nSPS) is 16.5.